The maximum absolute atomic E-state index is 13.3. The number of fused-ring (bicyclic) bond motifs is 1. The number of thiazole rings is 1. The molecule has 5 rings (SSSR count). The van der Waals surface area contributed by atoms with E-state index in [2.05, 4.69) is 37.1 Å². The van der Waals surface area contributed by atoms with Crippen LogP contribution < -0.4 is 15.0 Å². The quantitative estimate of drug-likeness (QED) is 0.374. The van der Waals surface area contributed by atoms with E-state index in [1.807, 2.05) is 13.0 Å². The van der Waals surface area contributed by atoms with Crippen molar-refractivity contribution in [1.29, 1.82) is 0 Å². The standard InChI is InChI=1S/C24H24ClN7O2S/c1-13-5-4-6-32(12-13)20-11-28-21-23(29-20)35-24(30-21)31-22(33)17-9-26-14(2)7-15(17)16-8-19(25)27-10-18(16)34-3/h7-11,13H,4-6,12H2,1-3H3,(H,28,30,31,33)/t13-/m1/s1. The van der Waals surface area contributed by atoms with Crippen LogP contribution in [0.4, 0.5) is 10.9 Å². The number of carbonyl (C=O) groups excluding carboxylic acids is 1. The van der Waals surface area contributed by atoms with Gasteiger partial charge in [-0.1, -0.05) is 29.9 Å². The first kappa shape index (κ1) is 23.4. The summed E-state index contributed by atoms with van der Waals surface area (Å²) in [6.45, 7) is 6.04. The van der Waals surface area contributed by atoms with Gasteiger partial charge in [-0.05, 0) is 37.8 Å². The number of carbonyl (C=O) groups is 1. The number of aromatic nitrogens is 5. The van der Waals surface area contributed by atoms with E-state index in [1.54, 1.807) is 19.4 Å². The van der Waals surface area contributed by atoms with Gasteiger partial charge in [-0.15, -0.1) is 0 Å². The summed E-state index contributed by atoms with van der Waals surface area (Å²) < 4.78 is 5.45. The van der Waals surface area contributed by atoms with Crippen LogP contribution in [0.3, 0.4) is 0 Å². The number of nitrogens with zero attached hydrogens (tertiary/aromatic N) is 6. The SMILES string of the molecule is COc1cnc(Cl)cc1-c1cc(C)ncc1C(=O)Nc1nc2ncc(N3CCC[C@@H](C)C3)nc2s1. The lowest BCUT2D eigenvalue weighted by Gasteiger charge is -2.31. The second-order valence-electron chi connectivity index (χ2n) is 8.60. The van der Waals surface area contributed by atoms with Crippen molar-refractivity contribution >= 4 is 50.3 Å². The summed E-state index contributed by atoms with van der Waals surface area (Å²) in [5.41, 5.74) is 2.90. The van der Waals surface area contributed by atoms with Crippen LogP contribution >= 0.6 is 22.9 Å². The molecule has 0 aliphatic carbocycles. The highest BCUT2D eigenvalue weighted by atomic mass is 35.5. The van der Waals surface area contributed by atoms with Gasteiger partial charge in [-0.3, -0.25) is 15.1 Å². The van der Waals surface area contributed by atoms with Gasteiger partial charge in [0.1, 0.15) is 16.7 Å². The molecule has 0 spiro atoms. The van der Waals surface area contributed by atoms with E-state index in [-0.39, 0.29) is 5.91 Å². The Morgan fingerprint density at radius 3 is 2.83 bits per heavy atom. The van der Waals surface area contributed by atoms with Gasteiger partial charge in [0, 0.05) is 36.1 Å². The largest absolute Gasteiger partial charge is 0.494 e. The van der Waals surface area contributed by atoms with Crippen LogP contribution in [-0.2, 0) is 0 Å². The summed E-state index contributed by atoms with van der Waals surface area (Å²) in [6.07, 6.45) is 7.20. The molecule has 4 aromatic rings. The summed E-state index contributed by atoms with van der Waals surface area (Å²) in [7, 11) is 1.54. The molecule has 0 bridgehead atoms. The molecule has 180 valence electrons. The van der Waals surface area contributed by atoms with E-state index in [4.69, 9.17) is 21.3 Å². The van der Waals surface area contributed by atoms with E-state index in [0.717, 1.165) is 31.0 Å². The van der Waals surface area contributed by atoms with Gasteiger partial charge in [0.2, 0.25) is 0 Å². The number of piperidine rings is 1. The molecule has 0 unspecified atom stereocenters. The molecule has 1 aliphatic heterocycles. The number of pyridine rings is 2. The number of anilines is 2. The molecule has 1 aliphatic rings. The Morgan fingerprint density at radius 1 is 1.17 bits per heavy atom. The van der Waals surface area contributed by atoms with Crippen molar-refractivity contribution in [3.8, 4) is 16.9 Å². The molecule has 5 heterocycles. The fourth-order valence-electron chi connectivity index (χ4n) is 4.23. The van der Waals surface area contributed by atoms with E-state index >= 15 is 0 Å². The maximum atomic E-state index is 13.3. The van der Waals surface area contributed by atoms with Crippen LogP contribution in [0.15, 0.2) is 30.7 Å². The zero-order valence-corrected chi connectivity index (χ0v) is 21.2. The van der Waals surface area contributed by atoms with Crippen molar-refractivity contribution in [1.82, 2.24) is 24.9 Å². The lowest BCUT2D eigenvalue weighted by molar-refractivity contribution is 0.102. The van der Waals surface area contributed by atoms with Gasteiger partial charge in [0.25, 0.3) is 5.91 Å². The van der Waals surface area contributed by atoms with E-state index < -0.39 is 0 Å². The number of ether oxygens (including phenoxy) is 1. The molecule has 1 atom stereocenters. The zero-order chi connectivity index (χ0) is 24.5. The molecule has 4 aromatic heterocycles. The van der Waals surface area contributed by atoms with Crippen molar-refractivity contribution in [3.63, 3.8) is 0 Å². The topological polar surface area (TPSA) is 106 Å². The third kappa shape index (κ3) is 4.89. The Balaban J connectivity index is 1.44. The number of nitrogens with one attached hydrogen (secondary N) is 1. The highest BCUT2D eigenvalue weighted by molar-refractivity contribution is 7.21. The number of rotatable bonds is 5. The third-order valence-corrected chi connectivity index (χ3v) is 7.00. The smallest absolute Gasteiger partial charge is 0.259 e. The minimum atomic E-state index is -0.355. The lowest BCUT2D eigenvalue weighted by Crippen LogP contribution is -2.34. The Hall–Kier alpha value is -3.37. The highest BCUT2D eigenvalue weighted by Gasteiger charge is 2.21. The first-order chi connectivity index (χ1) is 16.9. The minimum absolute atomic E-state index is 0.295. The summed E-state index contributed by atoms with van der Waals surface area (Å²) in [6, 6.07) is 3.48. The molecular formula is C24H24ClN7O2S. The van der Waals surface area contributed by atoms with Gasteiger partial charge in [-0.25, -0.2) is 15.0 Å². The number of hydrogen-bond donors (Lipinski definition) is 1. The van der Waals surface area contributed by atoms with Crippen LogP contribution in [0, 0.1) is 12.8 Å². The Morgan fingerprint density at radius 2 is 2.03 bits per heavy atom. The molecule has 1 N–H and O–H groups in total. The second kappa shape index (κ2) is 9.71. The zero-order valence-electron chi connectivity index (χ0n) is 19.6. The first-order valence-electron chi connectivity index (χ1n) is 11.3. The van der Waals surface area contributed by atoms with Gasteiger partial charge >= 0.3 is 0 Å². The average Bonchev–Trinajstić information content (AvgIpc) is 3.25. The maximum Gasteiger partial charge on any atom is 0.259 e. The molecule has 1 saturated heterocycles. The summed E-state index contributed by atoms with van der Waals surface area (Å²) >= 11 is 7.43. The Kier molecular flexibility index (Phi) is 6.48. The first-order valence-corrected chi connectivity index (χ1v) is 12.5. The minimum Gasteiger partial charge on any atom is -0.494 e. The normalized spacial score (nSPS) is 15.9. The Bertz CT molecular complexity index is 1410. The molecule has 35 heavy (non-hydrogen) atoms. The summed E-state index contributed by atoms with van der Waals surface area (Å²) in [4.78, 5) is 38.3. The van der Waals surface area contributed by atoms with Crippen molar-refractivity contribution in [2.45, 2.75) is 26.7 Å². The lowest BCUT2D eigenvalue weighted by atomic mass is 10.0. The molecular weight excluding hydrogens is 486 g/mol. The van der Waals surface area contributed by atoms with Crippen molar-refractivity contribution in [3.05, 3.63) is 47.1 Å². The van der Waals surface area contributed by atoms with Crippen LogP contribution in [0.2, 0.25) is 5.15 Å². The number of hydrogen-bond acceptors (Lipinski definition) is 9. The predicted molar refractivity (Wildman–Crippen MR) is 138 cm³/mol. The van der Waals surface area contributed by atoms with Gasteiger partial charge < -0.3 is 9.64 Å². The number of methoxy groups -OCH3 is 1. The Labute approximate surface area is 211 Å². The number of amides is 1. The van der Waals surface area contributed by atoms with E-state index in [9.17, 15) is 4.79 Å². The fourth-order valence-corrected chi connectivity index (χ4v) is 5.18. The van der Waals surface area contributed by atoms with Crippen molar-refractivity contribution in [2.24, 2.45) is 5.92 Å². The van der Waals surface area contributed by atoms with E-state index in [0.29, 0.717) is 49.1 Å². The summed E-state index contributed by atoms with van der Waals surface area (Å²) in [5, 5.41) is 3.59. The van der Waals surface area contributed by atoms with Gasteiger partial charge in [-0.2, -0.15) is 4.98 Å². The number of halogens is 1. The average molecular weight is 510 g/mol. The molecule has 1 amide bonds. The van der Waals surface area contributed by atoms with Crippen LogP contribution in [0.1, 0.15) is 35.8 Å². The molecule has 0 aromatic carbocycles. The van der Waals surface area contributed by atoms with Crippen molar-refractivity contribution < 1.29 is 9.53 Å². The fraction of sp³-hybridized carbons (Fsp3) is 0.333. The second-order valence-corrected chi connectivity index (χ2v) is 9.97. The van der Waals surface area contributed by atoms with Crippen molar-refractivity contribution in [2.75, 3.05) is 30.4 Å². The monoisotopic (exact) mass is 509 g/mol. The molecule has 11 heteroatoms. The highest BCUT2D eigenvalue weighted by Crippen LogP contribution is 2.34. The molecule has 0 saturated carbocycles. The van der Waals surface area contributed by atoms with Crippen LogP contribution in [0.25, 0.3) is 21.6 Å². The van der Waals surface area contributed by atoms with Gasteiger partial charge in [0.15, 0.2) is 15.6 Å². The number of aryl methyl sites for hydroxylation is 1. The third-order valence-electron chi connectivity index (χ3n) is 5.94. The van der Waals surface area contributed by atoms with E-state index in [1.165, 1.54) is 30.2 Å². The molecule has 1 fully saturated rings. The van der Waals surface area contributed by atoms with Gasteiger partial charge in [0.05, 0.1) is 25.1 Å². The molecule has 0 radical (unpaired) electrons. The predicted octanol–water partition coefficient (Wildman–Crippen LogP) is 5.00. The van der Waals surface area contributed by atoms with Crippen LogP contribution in [-0.4, -0.2) is 51.0 Å². The summed E-state index contributed by atoms with van der Waals surface area (Å²) in [5.74, 6) is 1.62. The molecule has 9 nitrogen and oxygen atoms in total. The van der Waals surface area contributed by atoms with Crippen LogP contribution in [0.5, 0.6) is 5.75 Å².